The minimum atomic E-state index is -0.301. The van der Waals surface area contributed by atoms with Crippen molar-refractivity contribution < 1.29 is 13.9 Å². The number of fused-ring (bicyclic) bond motifs is 3. The zero-order valence-electron chi connectivity index (χ0n) is 20.8. The molecule has 6 rings (SSSR count). The van der Waals surface area contributed by atoms with E-state index in [0.29, 0.717) is 29.2 Å². The molecule has 5 heterocycles. The van der Waals surface area contributed by atoms with Gasteiger partial charge in [0.15, 0.2) is 5.58 Å². The lowest BCUT2D eigenvalue weighted by molar-refractivity contribution is -0.00709. The molecule has 5 aromatic rings. The van der Waals surface area contributed by atoms with Crippen molar-refractivity contribution in [2.75, 3.05) is 13.7 Å². The molecule has 0 bridgehead atoms. The summed E-state index contributed by atoms with van der Waals surface area (Å²) < 4.78 is 23.3. The standard InChI is InChI=1S/C26H28N6O4/c1-5-18-8-17(6-7-35-18)32-24-20-9-19(15-11-27-30(2)13-15)21(34-4)10-22(20)36-25(24)23(29-26(32)33)16-12-28-31(3)14-16/h9-14,17-18H,5-8H2,1-4H3. The third kappa shape index (κ3) is 3.60. The molecule has 0 saturated carbocycles. The first-order chi connectivity index (χ1) is 17.5. The van der Waals surface area contributed by atoms with Crippen LogP contribution in [0.1, 0.15) is 32.2 Å². The van der Waals surface area contributed by atoms with E-state index < -0.39 is 0 Å². The summed E-state index contributed by atoms with van der Waals surface area (Å²) in [4.78, 5) is 18.2. The summed E-state index contributed by atoms with van der Waals surface area (Å²) in [5, 5.41) is 9.43. The molecule has 0 radical (unpaired) electrons. The van der Waals surface area contributed by atoms with E-state index in [2.05, 4.69) is 22.1 Å². The number of rotatable bonds is 5. The van der Waals surface area contributed by atoms with Gasteiger partial charge >= 0.3 is 5.69 Å². The number of methoxy groups -OCH3 is 1. The zero-order chi connectivity index (χ0) is 25.0. The number of aryl methyl sites for hydroxylation is 2. The molecule has 2 unspecified atom stereocenters. The normalized spacial score (nSPS) is 18.3. The fourth-order valence-electron chi connectivity index (χ4n) is 5.22. The fraction of sp³-hybridized carbons (Fsp3) is 0.385. The van der Waals surface area contributed by atoms with Crippen molar-refractivity contribution in [1.29, 1.82) is 0 Å². The fourth-order valence-corrected chi connectivity index (χ4v) is 5.22. The Morgan fingerprint density at radius 1 is 1.11 bits per heavy atom. The lowest BCUT2D eigenvalue weighted by atomic mass is 10.00. The number of nitrogens with zero attached hydrogens (tertiary/aromatic N) is 6. The van der Waals surface area contributed by atoms with Crippen LogP contribution in [0.15, 0.2) is 46.1 Å². The van der Waals surface area contributed by atoms with Crippen LogP contribution in [0.3, 0.4) is 0 Å². The first-order valence-corrected chi connectivity index (χ1v) is 12.1. The lowest BCUT2D eigenvalue weighted by Gasteiger charge is -2.30. The van der Waals surface area contributed by atoms with Crippen molar-refractivity contribution in [1.82, 2.24) is 29.1 Å². The van der Waals surface area contributed by atoms with Gasteiger partial charge in [0.25, 0.3) is 0 Å². The van der Waals surface area contributed by atoms with E-state index in [1.54, 1.807) is 28.9 Å². The van der Waals surface area contributed by atoms with Crippen molar-refractivity contribution in [3.8, 4) is 28.1 Å². The highest BCUT2D eigenvalue weighted by Gasteiger charge is 2.29. The molecular weight excluding hydrogens is 460 g/mol. The van der Waals surface area contributed by atoms with Gasteiger partial charge in [-0.15, -0.1) is 0 Å². The molecule has 0 spiro atoms. The SMILES string of the molecule is CCC1CC(n2c(=O)nc(-c3cnn(C)c3)c3oc4cc(OC)c(-c5cnn(C)c5)cc4c32)CCO1. The van der Waals surface area contributed by atoms with Crippen molar-refractivity contribution in [3.05, 3.63) is 47.4 Å². The maximum atomic E-state index is 13.7. The number of hydrogen-bond donors (Lipinski definition) is 0. The van der Waals surface area contributed by atoms with E-state index in [9.17, 15) is 4.79 Å². The average molecular weight is 489 g/mol. The van der Waals surface area contributed by atoms with Crippen molar-refractivity contribution in [3.63, 3.8) is 0 Å². The second-order valence-electron chi connectivity index (χ2n) is 9.33. The van der Waals surface area contributed by atoms with E-state index in [1.165, 1.54) is 0 Å². The topological polar surface area (TPSA) is 102 Å². The van der Waals surface area contributed by atoms with Crippen LogP contribution in [0.5, 0.6) is 5.75 Å². The number of furan rings is 1. The predicted molar refractivity (Wildman–Crippen MR) is 135 cm³/mol. The minimum Gasteiger partial charge on any atom is -0.496 e. The molecule has 186 valence electrons. The highest BCUT2D eigenvalue weighted by Crippen LogP contribution is 2.41. The number of hydrogen-bond acceptors (Lipinski definition) is 7. The highest BCUT2D eigenvalue weighted by atomic mass is 16.5. The van der Waals surface area contributed by atoms with Gasteiger partial charge in [0.05, 0.1) is 25.6 Å². The summed E-state index contributed by atoms with van der Waals surface area (Å²) in [6.45, 7) is 2.71. The second-order valence-corrected chi connectivity index (χ2v) is 9.33. The third-order valence-electron chi connectivity index (χ3n) is 7.01. The molecule has 4 aromatic heterocycles. The van der Waals surface area contributed by atoms with E-state index in [1.807, 2.05) is 43.2 Å². The Labute approximate surface area is 207 Å². The molecule has 10 nitrogen and oxygen atoms in total. The van der Waals surface area contributed by atoms with E-state index in [0.717, 1.165) is 46.9 Å². The Kier molecular flexibility index (Phi) is 5.40. The van der Waals surface area contributed by atoms with Crippen LogP contribution in [0, 0.1) is 0 Å². The number of ether oxygens (including phenoxy) is 2. The molecule has 1 aliphatic rings. The van der Waals surface area contributed by atoms with Crippen LogP contribution in [-0.2, 0) is 18.8 Å². The molecule has 10 heteroatoms. The van der Waals surface area contributed by atoms with Crippen LogP contribution in [-0.4, -0.2) is 48.9 Å². The maximum absolute atomic E-state index is 13.7. The molecular formula is C26H28N6O4. The average Bonchev–Trinajstić information content (AvgIpc) is 3.61. The Balaban J connectivity index is 1.68. The molecule has 0 aliphatic carbocycles. The van der Waals surface area contributed by atoms with E-state index >= 15 is 0 Å². The largest absolute Gasteiger partial charge is 0.496 e. The molecule has 36 heavy (non-hydrogen) atoms. The Morgan fingerprint density at radius 2 is 1.86 bits per heavy atom. The molecule has 1 aliphatic heterocycles. The van der Waals surface area contributed by atoms with Crippen LogP contribution in [0.4, 0.5) is 0 Å². The zero-order valence-corrected chi connectivity index (χ0v) is 20.8. The Bertz CT molecular complexity index is 1640. The Morgan fingerprint density at radius 3 is 2.53 bits per heavy atom. The summed E-state index contributed by atoms with van der Waals surface area (Å²) in [6, 6.07) is 3.86. The van der Waals surface area contributed by atoms with Gasteiger partial charge in [0.1, 0.15) is 22.5 Å². The monoisotopic (exact) mass is 488 g/mol. The van der Waals surface area contributed by atoms with Gasteiger partial charge in [0.2, 0.25) is 0 Å². The van der Waals surface area contributed by atoms with Gasteiger partial charge in [-0.3, -0.25) is 13.9 Å². The smallest absolute Gasteiger partial charge is 0.349 e. The quantitative estimate of drug-likeness (QED) is 0.367. The molecule has 0 N–H and O–H groups in total. The molecule has 2 atom stereocenters. The van der Waals surface area contributed by atoms with Crippen molar-refractivity contribution in [2.45, 2.75) is 38.3 Å². The first-order valence-electron chi connectivity index (χ1n) is 12.1. The molecule has 1 saturated heterocycles. The van der Waals surface area contributed by atoms with Gasteiger partial charge in [-0.05, 0) is 25.3 Å². The molecule has 1 aromatic carbocycles. The van der Waals surface area contributed by atoms with Crippen molar-refractivity contribution >= 4 is 22.1 Å². The van der Waals surface area contributed by atoms with Crippen LogP contribution in [0.2, 0.25) is 0 Å². The predicted octanol–water partition coefficient (Wildman–Crippen LogP) is 4.08. The summed E-state index contributed by atoms with van der Waals surface area (Å²) >= 11 is 0. The van der Waals surface area contributed by atoms with Gasteiger partial charge in [-0.2, -0.15) is 15.2 Å². The summed E-state index contributed by atoms with van der Waals surface area (Å²) in [5.74, 6) is 0.663. The lowest BCUT2D eigenvalue weighted by Crippen LogP contribution is -2.34. The summed E-state index contributed by atoms with van der Waals surface area (Å²) in [5.41, 5.74) is 4.61. The van der Waals surface area contributed by atoms with Crippen molar-refractivity contribution in [2.24, 2.45) is 14.1 Å². The van der Waals surface area contributed by atoms with Gasteiger partial charge < -0.3 is 13.9 Å². The molecule has 0 amide bonds. The van der Waals surface area contributed by atoms with E-state index in [-0.39, 0.29) is 17.8 Å². The van der Waals surface area contributed by atoms with E-state index in [4.69, 9.17) is 13.9 Å². The minimum absolute atomic E-state index is 0.0427. The number of benzene rings is 1. The van der Waals surface area contributed by atoms with Crippen LogP contribution in [0.25, 0.3) is 44.5 Å². The van der Waals surface area contributed by atoms with Crippen LogP contribution >= 0.6 is 0 Å². The summed E-state index contributed by atoms with van der Waals surface area (Å²) in [7, 11) is 5.34. The first kappa shape index (κ1) is 22.5. The third-order valence-corrected chi connectivity index (χ3v) is 7.01. The highest BCUT2D eigenvalue weighted by molar-refractivity contribution is 6.08. The summed E-state index contributed by atoms with van der Waals surface area (Å²) in [6.07, 6.45) is 9.74. The van der Waals surface area contributed by atoms with Gasteiger partial charge in [-0.25, -0.2) is 4.79 Å². The number of aromatic nitrogens is 6. The van der Waals surface area contributed by atoms with Crippen LogP contribution < -0.4 is 10.4 Å². The Hall–Kier alpha value is -3.92. The molecule has 1 fully saturated rings. The maximum Gasteiger partial charge on any atom is 0.349 e. The van der Waals surface area contributed by atoms with Gasteiger partial charge in [-0.1, -0.05) is 6.92 Å². The second kappa shape index (κ2) is 8.63. The van der Waals surface area contributed by atoms with Gasteiger partial charge in [0, 0.05) is 67.3 Å².